The summed E-state index contributed by atoms with van der Waals surface area (Å²) in [6.07, 6.45) is 4.58. The molecule has 1 heterocycles. The second kappa shape index (κ2) is 14.0. The van der Waals surface area contributed by atoms with Gasteiger partial charge in [0.2, 0.25) is 0 Å². The maximum atomic E-state index is 11.1. The van der Waals surface area contributed by atoms with Gasteiger partial charge in [-0.25, -0.2) is 0 Å². The number of benzene rings is 1. The van der Waals surface area contributed by atoms with E-state index in [0.717, 1.165) is 77.6 Å². The molecule has 0 radical (unpaired) electrons. The Morgan fingerprint density at radius 1 is 1.10 bits per heavy atom. The summed E-state index contributed by atoms with van der Waals surface area (Å²) in [6.45, 7) is 6.19. The van der Waals surface area contributed by atoms with Gasteiger partial charge >= 0.3 is 5.97 Å². The number of carbonyl (C=O) groups excluding carboxylic acids is 1. The van der Waals surface area contributed by atoms with E-state index >= 15 is 0 Å². The normalized spacial score (nSPS) is 15.2. The Balaban J connectivity index is 1.67. The molecule has 1 aromatic carbocycles. The van der Waals surface area contributed by atoms with Crippen molar-refractivity contribution in [2.45, 2.75) is 45.2 Å². The topological polar surface area (TPSA) is 75.2 Å². The maximum absolute atomic E-state index is 11.1. The van der Waals surface area contributed by atoms with Crippen molar-refractivity contribution in [2.24, 2.45) is 4.99 Å². The molecule has 2 N–H and O–H groups in total. The third kappa shape index (κ3) is 9.28. The molecule has 2 rings (SSSR count). The molecule has 162 valence electrons. The Labute approximate surface area is 174 Å². The van der Waals surface area contributed by atoms with Gasteiger partial charge in [-0.15, -0.1) is 0 Å². The third-order valence-corrected chi connectivity index (χ3v) is 5.11. The van der Waals surface area contributed by atoms with Gasteiger partial charge in [-0.2, -0.15) is 0 Å². The molecule has 0 bridgehead atoms. The van der Waals surface area contributed by atoms with E-state index in [4.69, 9.17) is 4.74 Å². The Morgan fingerprint density at radius 3 is 2.55 bits per heavy atom. The number of morpholine rings is 1. The second-order valence-corrected chi connectivity index (χ2v) is 7.25. The van der Waals surface area contributed by atoms with Crippen LogP contribution < -0.4 is 10.6 Å². The van der Waals surface area contributed by atoms with Gasteiger partial charge in [0, 0.05) is 46.2 Å². The SMILES string of the molecule is CN=C(NCCCCCCC(=O)OC)NCc1ccccc1CN1CCOCC1. The fourth-order valence-electron chi connectivity index (χ4n) is 3.34. The van der Waals surface area contributed by atoms with E-state index in [2.05, 4.69) is 49.5 Å². The highest BCUT2D eigenvalue weighted by Gasteiger charge is 2.12. The summed E-state index contributed by atoms with van der Waals surface area (Å²) in [5.41, 5.74) is 2.65. The number of nitrogens with one attached hydrogen (secondary N) is 2. The van der Waals surface area contributed by atoms with Crippen molar-refractivity contribution in [1.29, 1.82) is 0 Å². The fourth-order valence-corrected chi connectivity index (χ4v) is 3.34. The molecule has 7 heteroatoms. The van der Waals surface area contributed by atoms with Crippen LogP contribution in [0.15, 0.2) is 29.3 Å². The predicted octanol–water partition coefficient (Wildman–Crippen LogP) is 2.31. The van der Waals surface area contributed by atoms with Crippen molar-refractivity contribution in [3.05, 3.63) is 35.4 Å². The van der Waals surface area contributed by atoms with E-state index in [-0.39, 0.29) is 5.97 Å². The Morgan fingerprint density at radius 2 is 1.83 bits per heavy atom. The van der Waals surface area contributed by atoms with Crippen molar-refractivity contribution < 1.29 is 14.3 Å². The van der Waals surface area contributed by atoms with Crippen LogP contribution in [-0.4, -0.2) is 63.8 Å². The van der Waals surface area contributed by atoms with Crippen molar-refractivity contribution in [1.82, 2.24) is 15.5 Å². The van der Waals surface area contributed by atoms with Gasteiger partial charge in [0.15, 0.2) is 5.96 Å². The summed E-state index contributed by atoms with van der Waals surface area (Å²) in [5.74, 6) is 0.697. The van der Waals surface area contributed by atoms with Gasteiger partial charge in [-0.05, 0) is 24.0 Å². The molecule has 7 nitrogen and oxygen atoms in total. The molecule has 0 amide bonds. The molecule has 0 spiro atoms. The lowest BCUT2D eigenvalue weighted by atomic mass is 10.1. The number of rotatable bonds is 11. The lowest BCUT2D eigenvalue weighted by molar-refractivity contribution is -0.140. The van der Waals surface area contributed by atoms with Gasteiger partial charge in [-0.1, -0.05) is 37.1 Å². The monoisotopic (exact) mass is 404 g/mol. The van der Waals surface area contributed by atoms with Gasteiger partial charge in [-0.3, -0.25) is 14.7 Å². The smallest absolute Gasteiger partial charge is 0.305 e. The average molecular weight is 405 g/mol. The molecular weight excluding hydrogens is 368 g/mol. The van der Waals surface area contributed by atoms with Crippen LogP contribution >= 0.6 is 0 Å². The summed E-state index contributed by atoms with van der Waals surface area (Å²) < 4.78 is 10.1. The minimum atomic E-state index is -0.123. The Kier molecular flexibility index (Phi) is 11.1. The quantitative estimate of drug-likeness (QED) is 0.255. The Hall–Kier alpha value is -2.12. The highest BCUT2D eigenvalue weighted by atomic mass is 16.5. The zero-order chi connectivity index (χ0) is 20.7. The van der Waals surface area contributed by atoms with Crippen LogP contribution in [0.3, 0.4) is 0 Å². The van der Waals surface area contributed by atoms with Crippen LogP contribution in [0.5, 0.6) is 0 Å². The molecule has 0 aliphatic carbocycles. The van der Waals surface area contributed by atoms with Crippen LogP contribution in [0.25, 0.3) is 0 Å². The number of hydrogen-bond acceptors (Lipinski definition) is 5. The number of carbonyl (C=O) groups is 1. The number of esters is 1. The molecule has 1 saturated heterocycles. The predicted molar refractivity (Wildman–Crippen MR) is 116 cm³/mol. The molecule has 0 aromatic heterocycles. The molecule has 1 fully saturated rings. The van der Waals surface area contributed by atoms with Gasteiger partial charge in [0.25, 0.3) is 0 Å². The Bertz CT molecular complexity index is 630. The summed E-state index contributed by atoms with van der Waals surface area (Å²) >= 11 is 0. The molecule has 0 saturated carbocycles. The maximum Gasteiger partial charge on any atom is 0.305 e. The zero-order valence-corrected chi connectivity index (χ0v) is 17.9. The number of aliphatic imine (C=N–C) groups is 1. The van der Waals surface area contributed by atoms with Gasteiger partial charge < -0.3 is 20.1 Å². The second-order valence-electron chi connectivity index (χ2n) is 7.25. The van der Waals surface area contributed by atoms with Crippen molar-refractivity contribution in [3.63, 3.8) is 0 Å². The molecule has 1 aromatic rings. The summed E-state index contributed by atoms with van der Waals surface area (Å²) in [7, 11) is 3.23. The highest BCUT2D eigenvalue weighted by Crippen LogP contribution is 2.13. The van der Waals surface area contributed by atoms with E-state index in [1.54, 1.807) is 7.05 Å². The zero-order valence-electron chi connectivity index (χ0n) is 17.9. The number of unbranched alkanes of at least 4 members (excludes halogenated alkanes) is 3. The van der Waals surface area contributed by atoms with E-state index in [1.807, 2.05) is 0 Å². The van der Waals surface area contributed by atoms with Crippen LogP contribution in [0, 0.1) is 0 Å². The van der Waals surface area contributed by atoms with Gasteiger partial charge in [0.1, 0.15) is 0 Å². The van der Waals surface area contributed by atoms with E-state index < -0.39 is 0 Å². The first-order chi connectivity index (χ1) is 14.2. The van der Waals surface area contributed by atoms with E-state index in [1.165, 1.54) is 18.2 Å². The van der Waals surface area contributed by atoms with Crippen LogP contribution in [0.4, 0.5) is 0 Å². The summed E-state index contributed by atoms with van der Waals surface area (Å²) in [6, 6.07) is 8.57. The highest BCUT2D eigenvalue weighted by molar-refractivity contribution is 5.79. The molecule has 1 aliphatic rings. The van der Waals surface area contributed by atoms with E-state index in [0.29, 0.717) is 6.42 Å². The number of nitrogens with zero attached hydrogens (tertiary/aromatic N) is 2. The third-order valence-electron chi connectivity index (χ3n) is 5.11. The minimum absolute atomic E-state index is 0.123. The standard InChI is InChI=1S/C22H36N4O3/c1-23-22(24-12-8-4-3-5-11-21(27)28-2)25-17-19-9-6-7-10-20(19)18-26-13-15-29-16-14-26/h6-7,9-10H,3-5,8,11-18H2,1-2H3,(H2,23,24,25). The summed E-state index contributed by atoms with van der Waals surface area (Å²) in [5, 5.41) is 6.79. The van der Waals surface area contributed by atoms with Crippen LogP contribution in [-0.2, 0) is 27.4 Å². The van der Waals surface area contributed by atoms with Crippen molar-refractivity contribution in [3.8, 4) is 0 Å². The van der Waals surface area contributed by atoms with Crippen molar-refractivity contribution >= 4 is 11.9 Å². The molecule has 0 atom stereocenters. The minimum Gasteiger partial charge on any atom is -0.469 e. The van der Waals surface area contributed by atoms with Crippen LogP contribution in [0.2, 0.25) is 0 Å². The number of methoxy groups -OCH3 is 1. The van der Waals surface area contributed by atoms with Crippen LogP contribution in [0.1, 0.15) is 43.2 Å². The first kappa shape index (κ1) is 23.2. The molecule has 0 unspecified atom stereocenters. The lowest BCUT2D eigenvalue weighted by Crippen LogP contribution is -2.38. The van der Waals surface area contributed by atoms with E-state index in [9.17, 15) is 4.79 Å². The molecule has 29 heavy (non-hydrogen) atoms. The number of ether oxygens (including phenoxy) is 2. The molecule has 1 aliphatic heterocycles. The first-order valence-electron chi connectivity index (χ1n) is 10.6. The lowest BCUT2D eigenvalue weighted by Gasteiger charge is -2.27. The average Bonchev–Trinajstić information content (AvgIpc) is 2.76. The van der Waals surface area contributed by atoms with Gasteiger partial charge in [0.05, 0.1) is 20.3 Å². The first-order valence-corrected chi connectivity index (χ1v) is 10.6. The number of hydrogen-bond donors (Lipinski definition) is 2. The molecular formula is C22H36N4O3. The largest absolute Gasteiger partial charge is 0.469 e. The number of guanidine groups is 1. The summed E-state index contributed by atoms with van der Waals surface area (Å²) in [4.78, 5) is 17.8. The fraction of sp³-hybridized carbons (Fsp3) is 0.636. The van der Waals surface area contributed by atoms with Crippen molar-refractivity contribution in [2.75, 3.05) is 47.0 Å².